The normalized spacial score (nSPS) is 43.1. The Labute approximate surface area is 88.3 Å². The van der Waals surface area contributed by atoms with Gasteiger partial charge in [-0.1, -0.05) is 13.3 Å². The fourth-order valence-electron chi connectivity index (χ4n) is 3.66. The molecule has 5 atom stereocenters. The lowest BCUT2D eigenvalue weighted by Crippen LogP contribution is -2.37. The van der Waals surface area contributed by atoms with Crippen molar-refractivity contribution in [2.24, 2.45) is 29.6 Å². The first-order valence-electron chi connectivity index (χ1n) is 5.51. The molecule has 2 saturated carbocycles. The molecule has 2 fully saturated rings. The van der Waals surface area contributed by atoms with Gasteiger partial charge in [0, 0.05) is 0 Å². The molecule has 2 aliphatic carbocycles. The summed E-state index contributed by atoms with van der Waals surface area (Å²) in [5, 5.41) is 18.2. The minimum atomic E-state index is -0.926. The predicted octanol–water partition coefficient (Wildman–Crippen LogP) is 1.45. The van der Waals surface area contributed by atoms with Crippen LogP contribution in [0.15, 0.2) is 0 Å². The van der Waals surface area contributed by atoms with Gasteiger partial charge in [0.2, 0.25) is 0 Å². The molecule has 0 aromatic rings. The third-order valence-electron chi connectivity index (χ3n) is 4.24. The molecule has 4 heteroatoms. The highest BCUT2D eigenvalue weighted by Gasteiger charge is 2.57. The van der Waals surface area contributed by atoms with Crippen LogP contribution in [0, 0.1) is 29.6 Å². The van der Waals surface area contributed by atoms with Gasteiger partial charge in [-0.25, -0.2) is 0 Å². The van der Waals surface area contributed by atoms with E-state index in [1.165, 1.54) is 0 Å². The third kappa shape index (κ3) is 1.43. The summed E-state index contributed by atoms with van der Waals surface area (Å²) < 4.78 is 0. The van der Waals surface area contributed by atoms with Crippen LogP contribution in [0.5, 0.6) is 0 Å². The van der Waals surface area contributed by atoms with Crippen molar-refractivity contribution in [1.29, 1.82) is 0 Å². The predicted molar refractivity (Wildman–Crippen MR) is 52.2 cm³/mol. The maximum absolute atomic E-state index is 11.1. The molecule has 0 aromatic carbocycles. The maximum atomic E-state index is 11.1. The number of rotatable bonds is 3. The minimum Gasteiger partial charge on any atom is -0.481 e. The van der Waals surface area contributed by atoms with Crippen LogP contribution in [0.2, 0.25) is 0 Å². The van der Waals surface area contributed by atoms with Crippen molar-refractivity contribution in [3.8, 4) is 0 Å². The van der Waals surface area contributed by atoms with Crippen molar-refractivity contribution < 1.29 is 19.8 Å². The molecule has 84 valence electrons. The van der Waals surface area contributed by atoms with Crippen LogP contribution in [-0.4, -0.2) is 22.2 Å². The molecule has 2 N–H and O–H groups in total. The highest BCUT2D eigenvalue weighted by atomic mass is 16.4. The summed E-state index contributed by atoms with van der Waals surface area (Å²) >= 11 is 0. The second kappa shape index (κ2) is 3.51. The van der Waals surface area contributed by atoms with Crippen LogP contribution in [0.25, 0.3) is 0 Å². The zero-order valence-electron chi connectivity index (χ0n) is 8.72. The monoisotopic (exact) mass is 212 g/mol. The minimum absolute atomic E-state index is 0.0959. The summed E-state index contributed by atoms with van der Waals surface area (Å²) in [5.41, 5.74) is 0. The van der Waals surface area contributed by atoms with Crippen LogP contribution in [-0.2, 0) is 9.59 Å². The lowest BCUT2D eigenvalue weighted by atomic mass is 9.73. The van der Waals surface area contributed by atoms with Gasteiger partial charge in [0.05, 0.1) is 11.8 Å². The first-order chi connectivity index (χ1) is 7.06. The number of carbonyl (C=O) groups is 2. The molecule has 4 nitrogen and oxygen atoms in total. The van der Waals surface area contributed by atoms with Crippen LogP contribution >= 0.6 is 0 Å². The molecule has 15 heavy (non-hydrogen) atoms. The number of hydrogen-bond acceptors (Lipinski definition) is 2. The fraction of sp³-hybridized carbons (Fsp3) is 0.818. The van der Waals surface area contributed by atoms with Crippen molar-refractivity contribution in [2.75, 3.05) is 0 Å². The van der Waals surface area contributed by atoms with Crippen LogP contribution in [0.1, 0.15) is 26.2 Å². The Kier molecular flexibility index (Phi) is 2.44. The SMILES string of the molecule is CCC1CC2CC1C(C(=O)O)C2C(=O)O. The third-order valence-corrected chi connectivity index (χ3v) is 4.24. The van der Waals surface area contributed by atoms with E-state index in [0.717, 1.165) is 19.3 Å². The summed E-state index contributed by atoms with van der Waals surface area (Å²) in [4.78, 5) is 22.1. The molecule has 0 saturated heterocycles. The Balaban J connectivity index is 2.24. The lowest BCUT2D eigenvalue weighted by molar-refractivity contribution is -0.157. The molecule has 2 bridgehead atoms. The van der Waals surface area contributed by atoms with Crippen molar-refractivity contribution in [3.63, 3.8) is 0 Å². The van der Waals surface area contributed by atoms with Crippen LogP contribution in [0.3, 0.4) is 0 Å². The van der Waals surface area contributed by atoms with E-state index in [1.54, 1.807) is 0 Å². The zero-order chi connectivity index (χ0) is 11.2. The maximum Gasteiger partial charge on any atom is 0.307 e. The van der Waals surface area contributed by atoms with Gasteiger partial charge in [-0.15, -0.1) is 0 Å². The van der Waals surface area contributed by atoms with E-state index in [2.05, 4.69) is 6.92 Å². The molecule has 0 spiro atoms. The van der Waals surface area contributed by atoms with Gasteiger partial charge in [0.25, 0.3) is 0 Å². The van der Waals surface area contributed by atoms with Crippen molar-refractivity contribution in [1.82, 2.24) is 0 Å². The smallest absolute Gasteiger partial charge is 0.307 e. The molecule has 0 amide bonds. The number of carboxylic acids is 2. The first-order valence-corrected chi connectivity index (χ1v) is 5.51. The standard InChI is InChI=1S/C11H16O4/c1-2-5-3-6-4-7(5)9(11(14)15)8(6)10(12)13/h5-9H,2-4H2,1H3,(H,12,13)(H,14,15). The summed E-state index contributed by atoms with van der Waals surface area (Å²) in [7, 11) is 0. The summed E-state index contributed by atoms with van der Waals surface area (Å²) in [6.07, 6.45) is 2.67. The van der Waals surface area contributed by atoms with Gasteiger partial charge in [-0.2, -0.15) is 0 Å². The van der Waals surface area contributed by atoms with E-state index in [-0.39, 0.29) is 11.8 Å². The molecular weight excluding hydrogens is 196 g/mol. The van der Waals surface area contributed by atoms with E-state index in [0.29, 0.717) is 5.92 Å². The van der Waals surface area contributed by atoms with Gasteiger partial charge >= 0.3 is 11.9 Å². The quantitative estimate of drug-likeness (QED) is 0.742. The molecule has 0 heterocycles. The summed E-state index contributed by atoms with van der Waals surface area (Å²) in [5.74, 6) is -2.53. The Hall–Kier alpha value is -1.06. The molecule has 0 aliphatic heterocycles. The van der Waals surface area contributed by atoms with Crippen molar-refractivity contribution >= 4 is 11.9 Å². The van der Waals surface area contributed by atoms with Gasteiger partial charge in [0.1, 0.15) is 0 Å². The second-order valence-corrected chi connectivity index (χ2v) is 4.79. The number of carboxylic acid groups (broad SMARTS) is 2. The average molecular weight is 212 g/mol. The largest absolute Gasteiger partial charge is 0.481 e. The van der Waals surface area contributed by atoms with E-state index >= 15 is 0 Å². The molecule has 5 unspecified atom stereocenters. The number of aliphatic carboxylic acids is 2. The first kappa shape index (κ1) is 10.5. The molecule has 0 aromatic heterocycles. The highest BCUT2D eigenvalue weighted by molar-refractivity contribution is 5.81. The van der Waals surface area contributed by atoms with Crippen molar-refractivity contribution in [3.05, 3.63) is 0 Å². The van der Waals surface area contributed by atoms with Gasteiger partial charge in [0.15, 0.2) is 0 Å². The molecule has 0 radical (unpaired) electrons. The van der Waals surface area contributed by atoms with E-state index in [4.69, 9.17) is 10.2 Å². The Morgan fingerprint density at radius 2 is 1.73 bits per heavy atom. The van der Waals surface area contributed by atoms with Crippen LogP contribution in [0.4, 0.5) is 0 Å². The number of fused-ring (bicyclic) bond motifs is 2. The van der Waals surface area contributed by atoms with Gasteiger partial charge in [-0.05, 0) is 30.6 Å². The van der Waals surface area contributed by atoms with Gasteiger partial charge in [-0.3, -0.25) is 9.59 Å². The Morgan fingerprint density at radius 3 is 2.20 bits per heavy atom. The zero-order valence-corrected chi connectivity index (χ0v) is 8.72. The van der Waals surface area contributed by atoms with Gasteiger partial charge < -0.3 is 10.2 Å². The Bertz CT molecular complexity index is 299. The Morgan fingerprint density at radius 1 is 1.13 bits per heavy atom. The lowest BCUT2D eigenvalue weighted by Gasteiger charge is -2.30. The second-order valence-electron chi connectivity index (χ2n) is 4.79. The highest BCUT2D eigenvalue weighted by Crippen LogP contribution is 2.56. The van der Waals surface area contributed by atoms with E-state index < -0.39 is 23.8 Å². The van der Waals surface area contributed by atoms with Crippen LogP contribution < -0.4 is 0 Å². The topological polar surface area (TPSA) is 74.6 Å². The molecule has 2 rings (SSSR count). The summed E-state index contributed by atoms with van der Waals surface area (Å²) in [6.45, 7) is 2.06. The molecular formula is C11H16O4. The average Bonchev–Trinajstić information content (AvgIpc) is 2.72. The van der Waals surface area contributed by atoms with E-state index in [1.807, 2.05) is 0 Å². The van der Waals surface area contributed by atoms with Crippen molar-refractivity contribution in [2.45, 2.75) is 26.2 Å². The molecule has 2 aliphatic rings. The number of hydrogen-bond donors (Lipinski definition) is 2. The summed E-state index contributed by atoms with van der Waals surface area (Å²) in [6, 6.07) is 0. The van der Waals surface area contributed by atoms with E-state index in [9.17, 15) is 9.59 Å². The fourth-order valence-corrected chi connectivity index (χ4v) is 3.66.